The van der Waals surface area contributed by atoms with Crippen LogP contribution in [0.4, 0.5) is 0 Å². The summed E-state index contributed by atoms with van der Waals surface area (Å²) in [5.41, 5.74) is 1.94. The van der Waals surface area contributed by atoms with Crippen LogP contribution >= 0.6 is 0 Å². The molecule has 8 atom stereocenters. The van der Waals surface area contributed by atoms with Gasteiger partial charge < -0.3 is 10.2 Å². The number of aliphatic hydroxyl groups excluding tert-OH is 2. The van der Waals surface area contributed by atoms with Crippen LogP contribution in [0, 0.1) is 52.3 Å². The normalized spacial score (nSPS) is 44.1. The maximum atomic E-state index is 10.6. The molecule has 170 valence electrons. The summed E-state index contributed by atoms with van der Waals surface area (Å²) in [5, 5.41) is 20.7. The topological polar surface area (TPSA) is 40.5 Å². The number of fused-ring (bicyclic) bond motifs is 5. The van der Waals surface area contributed by atoms with Gasteiger partial charge in [0.15, 0.2) is 0 Å². The predicted octanol–water partition coefficient (Wildman–Crippen LogP) is 7.30. The van der Waals surface area contributed by atoms with Gasteiger partial charge in [-0.1, -0.05) is 39.8 Å². The minimum Gasteiger partial charge on any atom is -0.513 e. The predicted molar refractivity (Wildman–Crippen MR) is 125 cm³/mol. The Labute approximate surface area is 185 Å². The first-order valence-electron chi connectivity index (χ1n) is 12.9. The van der Waals surface area contributed by atoms with Gasteiger partial charge in [-0.2, -0.15) is 0 Å². The summed E-state index contributed by atoms with van der Waals surface area (Å²) in [4.78, 5) is 0. The largest absolute Gasteiger partial charge is 0.513 e. The maximum Gasteiger partial charge on any atom is 0.0886 e. The molecule has 2 heteroatoms. The summed E-state index contributed by atoms with van der Waals surface area (Å²) in [5.74, 6) is 5.56. The van der Waals surface area contributed by atoms with E-state index in [9.17, 15) is 10.2 Å². The van der Waals surface area contributed by atoms with Crippen LogP contribution in [0.3, 0.4) is 0 Å². The molecular formula is C28H46O2. The van der Waals surface area contributed by atoms with E-state index in [-0.39, 0.29) is 5.41 Å². The first-order chi connectivity index (χ1) is 14.2. The van der Waals surface area contributed by atoms with Gasteiger partial charge >= 0.3 is 0 Å². The maximum absolute atomic E-state index is 10.6. The molecule has 0 spiro atoms. The molecule has 2 N–H and O–H groups in total. The fourth-order valence-corrected chi connectivity index (χ4v) is 8.84. The molecule has 0 aliphatic heterocycles. The second-order valence-corrected chi connectivity index (χ2v) is 12.2. The van der Waals surface area contributed by atoms with Crippen molar-refractivity contribution in [1.29, 1.82) is 0 Å². The molecule has 4 aliphatic rings. The molecule has 2 nitrogen and oxygen atoms in total. The van der Waals surface area contributed by atoms with Crippen molar-refractivity contribution in [3.63, 3.8) is 0 Å². The van der Waals surface area contributed by atoms with Gasteiger partial charge in [0.1, 0.15) is 0 Å². The lowest BCUT2D eigenvalue weighted by molar-refractivity contribution is -0.130. The van der Waals surface area contributed by atoms with E-state index in [0.29, 0.717) is 35.5 Å². The van der Waals surface area contributed by atoms with Gasteiger partial charge in [0.2, 0.25) is 0 Å². The minimum atomic E-state index is 0.0369. The molecule has 0 radical (unpaired) electrons. The molecule has 0 amide bonds. The fourth-order valence-electron chi connectivity index (χ4n) is 8.84. The van der Waals surface area contributed by atoms with Crippen molar-refractivity contribution in [3.8, 4) is 0 Å². The van der Waals surface area contributed by atoms with Crippen LogP contribution in [0.1, 0.15) is 91.9 Å². The average Bonchev–Trinajstić information content (AvgIpc) is 3.08. The molecule has 0 bridgehead atoms. The van der Waals surface area contributed by atoms with Gasteiger partial charge in [0.25, 0.3) is 0 Å². The van der Waals surface area contributed by atoms with Crippen molar-refractivity contribution in [2.45, 2.75) is 91.9 Å². The summed E-state index contributed by atoms with van der Waals surface area (Å²) < 4.78 is 0. The van der Waals surface area contributed by atoms with Crippen LogP contribution in [0.15, 0.2) is 24.0 Å². The van der Waals surface area contributed by atoms with Crippen molar-refractivity contribution in [2.75, 3.05) is 6.61 Å². The van der Waals surface area contributed by atoms with Gasteiger partial charge in [-0.05, 0) is 111 Å². The van der Waals surface area contributed by atoms with Crippen molar-refractivity contribution in [2.24, 2.45) is 52.3 Å². The molecule has 30 heavy (non-hydrogen) atoms. The number of allylic oxidation sites excluding steroid dienone is 3. The Hall–Kier alpha value is -0.760. The highest BCUT2D eigenvalue weighted by Gasteiger charge is 2.61. The smallest absolute Gasteiger partial charge is 0.0886 e. The fraction of sp³-hybridized carbons (Fsp3) is 0.857. The quantitative estimate of drug-likeness (QED) is 0.448. The van der Waals surface area contributed by atoms with Crippen molar-refractivity contribution in [3.05, 3.63) is 24.0 Å². The van der Waals surface area contributed by atoms with Gasteiger partial charge in [-0.3, -0.25) is 0 Å². The highest BCUT2D eigenvalue weighted by atomic mass is 16.3. The number of hydrogen-bond acceptors (Lipinski definition) is 2. The van der Waals surface area contributed by atoms with Crippen LogP contribution in [-0.4, -0.2) is 16.8 Å². The zero-order valence-corrected chi connectivity index (χ0v) is 20.0. The third kappa shape index (κ3) is 3.50. The third-order valence-electron chi connectivity index (χ3n) is 10.8. The first-order valence-corrected chi connectivity index (χ1v) is 12.9. The molecule has 4 rings (SSSR count). The summed E-state index contributed by atoms with van der Waals surface area (Å²) in [6.07, 6.45) is 14.1. The molecule has 0 aromatic carbocycles. The van der Waals surface area contributed by atoms with E-state index in [1.807, 2.05) is 6.08 Å². The lowest BCUT2D eigenvalue weighted by atomic mass is 9.44. The lowest BCUT2D eigenvalue weighted by Crippen LogP contribution is -2.55. The van der Waals surface area contributed by atoms with E-state index < -0.39 is 0 Å². The third-order valence-corrected chi connectivity index (χ3v) is 10.8. The molecule has 0 aromatic rings. The van der Waals surface area contributed by atoms with Crippen LogP contribution in [-0.2, 0) is 0 Å². The molecule has 0 heterocycles. The minimum absolute atomic E-state index is 0.0369. The first kappa shape index (κ1) is 22.4. The Balaban J connectivity index is 1.50. The van der Waals surface area contributed by atoms with Crippen LogP contribution in [0.2, 0.25) is 0 Å². The zero-order chi connectivity index (χ0) is 21.7. The van der Waals surface area contributed by atoms with Gasteiger partial charge in [-0.25, -0.2) is 0 Å². The molecule has 3 saturated carbocycles. The molecule has 3 fully saturated rings. The van der Waals surface area contributed by atoms with E-state index in [4.69, 9.17) is 0 Å². The van der Waals surface area contributed by atoms with Gasteiger partial charge in [-0.15, -0.1) is 0 Å². The second kappa shape index (κ2) is 8.30. The molecular weight excluding hydrogens is 368 g/mol. The molecule has 0 aromatic heterocycles. The molecule has 1 unspecified atom stereocenters. The van der Waals surface area contributed by atoms with Gasteiger partial charge in [0.05, 0.1) is 5.76 Å². The van der Waals surface area contributed by atoms with E-state index in [1.54, 1.807) is 0 Å². The molecule has 4 aliphatic carbocycles. The van der Waals surface area contributed by atoms with Crippen LogP contribution in [0.25, 0.3) is 0 Å². The second-order valence-electron chi connectivity index (χ2n) is 12.2. The Morgan fingerprint density at radius 3 is 2.60 bits per heavy atom. The Kier molecular flexibility index (Phi) is 6.21. The van der Waals surface area contributed by atoms with E-state index in [0.717, 1.165) is 36.5 Å². The van der Waals surface area contributed by atoms with Crippen molar-refractivity contribution < 1.29 is 10.2 Å². The Bertz CT molecular complexity index is 678. The summed E-state index contributed by atoms with van der Waals surface area (Å²) in [6.45, 7) is 14.3. The summed E-state index contributed by atoms with van der Waals surface area (Å²) in [6, 6.07) is 0. The Morgan fingerprint density at radius 1 is 1.13 bits per heavy atom. The highest BCUT2D eigenvalue weighted by Crippen LogP contribution is 2.68. The number of aliphatic hydroxyl groups is 2. The Morgan fingerprint density at radius 2 is 1.90 bits per heavy atom. The van der Waals surface area contributed by atoms with Crippen LogP contribution in [0.5, 0.6) is 0 Å². The van der Waals surface area contributed by atoms with Crippen molar-refractivity contribution >= 4 is 0 Å². The zero-order valence-electron chi connectivity index (χ0n) is 20.0. The highest BCUT2D eigenvalue weighted by molar-refractivity contribution is 5.15. The van der Waals surface area contributed by atoms with E-state index in [1.165, 1.54) is 56.9 Å². The SMILES string of the molecule is C=C(CC[C@@H](C)[C@H]1CC[C@H]2[C@@H]3CCC4CC(O)=CC[C@]4(CO)[C@H]3CC[C@]12C)C(C)C. The van der Waals surface area contributed by atoms with Crippen molar-refractivity contribution in [1.82, 2.24) is 0 Å². The average molecular weight is 415 g/mol. The summed E-state index contributed by atoms with van der Waals surface area (Å²) in [7, 11) is 0. The van der Waals surface area contributed by atoms with E-state index in [2.05, 4.69) is 34.3 Å². The monoisotopic (exact) mass is 414 g/mol. The number of rotatable bonds is 6. The van der Waals surface area contributed by atoms with Crippen LogP contribution < -0.4 is 0 Å². The van der Waals surface area contributed by atoms with Gasteiger partial charge in [0, 0.05) is 18.4 Å². The summed E-state index contributed by atoms with van der Waals surface area (Å²) >= 11 is 0. The van der Waals surface area contributed by atoms with E-state index >= 15 is 0 Å². The standard InChI is InChI=1S/C28H46O2/c1-18(2)19(3)6-7-20(4)24-10-11-25-23-9-8-21-16-22(30)12-15-28(21,17-29)26(23)13-14-27(24,25)5/h12,18,20-21,23-26,29-30H,3,6-11,13-17H2,1-2,4-5H3/t20-,21?,23+,24-,25+,26+,27-,28-/m1/s1. The number of hydrogen-bond donors (Lipinski definition) is 2. The molecule has 0 saturated heterocycles. The lowest BCUT2D eigenvalue weighted by Gasteiger charge is -2.60.